The molecule has 0 radical (unpaired) electrons. The monoisotopic (exact) mass is 437 g/mol. The Morgan fingerprint density at radius 3 is 2.45 bits per heavy atom. The molecule has 1 saturated heterocycles. The predicted octanol–water partition coefficient (Wildman–Crippen LogP) is 3.84. The molecule has 5 rings (SSSR count). The summed E-state index contributed by atoms with van der Waals surface area (Å²) in [6.07, 6.45) is 5.22. The molecule has 1 fully saturated rings. The van der Waals surface area contributed by atoms with Crippen LogP contribution in [0.2, 0.25) is 0 Å². The van der Waals surface area contributed by atoms with E-state index >= 15 is 0 Å². The summed E-state index contributed by atoms with van der Waals surface area (Å²) in [7, 11) is 0. The third-order valence-corrected chi connectivity index (χ3v) is 6.10. The van der Waals surface area contributed by atoms with Gasteiger partial charge in [-0.3, -0.25) is 9.69 Å². The van der Waals surface area contributed by atoms with Gasteiger partial charge < -0.3 is 4.90 Å². The van der Waals surface area contributed by atoms with Crippen molar-refractivity contribution in [3.05, 3.63) is 102 Å². The highest BCUT2D eigenvalue weighted by Crippen LogP contribution is 2.20. The highest BCUT2D eigenvalue weighted by Gasteiger charge is 2.20. The molecule has 0 atom stereocenters. The van der Waals surface area contributed by atoms with Gasteiger partial charge in [0.2, 0.25) is 5.91 Å². The van der Waals surface area contributed by atoms with Gasteiger partial charge in [-0.25, -0.2) is 4.68 Å². The lowest BCUT2D eigenvalue weighted by Gasteiger charge is -2.34. The predicted molar refractivity (Wildman–Crippen MR) is 130 cm³/mol. The van der Waals surface area contributed by atoms with Crippen molar-refractivity contribution in [2.45, 2.75) is 13.1 Å². The zero-order chi connectivity index (χ0) is 22.5. The average Bonchev–Trinajstić information content (AvgIpc) is 3.31. The molecule has 0 bridgehead atoms. The van der Waals surface area contributed by atoms with Gasteiger partial charge in [-0.2, -0.15) is 0 Å². The standard InChI is InChI=1S/C27H27N5O/c33-27(14-13-25-21-32(29-28-25)19-22-7-2-1-3-8-22)31-17-15-30(16-18-31)20-24-11-6-10-23-9-4-5-12-26(23)24/h1-14,21H,15-20H2. The number of piperazine rings is 1. The first-order valence-electron chi connectivity index (χ1n) is 11.3. The summed E-state index contributed by atoms with van der Waals surface area (Å²) in [5.74, 6) is 0.0254. The Morgan fingerprint density at radius 1 is 0.848 bits per heavy atom. The van der Waals surface area contributed by atoms with Crippen LogP contribution in [0, 0.1) is 0 Å². The first-order valence-corrected chi connectivity index (χ1v) is 11.3. The molecule has 6 heteroatoms. The van der Waals surface area contributed by atoms with Crippen molar-refractivity contribution < 1.29 is 4.79 Å². The van der Waals surface area contributed by atoms with Crippen molar-refractivity contribution in [1.29, 1.82) is 0 Å². The summed E-state index contributed by atoms with van der Waals surface area (Å²) in [5, 5.41) is 10.9. The van der Waals surface area contributed by atoms with E-state index in [-0.39, 0.29) is 5.91 Å². The average molecular weight is 438 g/mol. The van der Waals surface area contributed by atoms with Gasteiger partial charge in [-0.1, -0.05) is 78.0 Å². The lowest BCUT2D eigenvalue weighted by atomic mass is 10.0. The Balaban J connectivity index is 1.14. The number of hydrogen-bond donors (Lipinski definition) is 0. The summed E-state index contributed by atoms with van der Waals surface area (Å²) >= 11 is 0. The number of carbonyl (C=O) groups excluding carboxylic acids is 1. The minimum atomic E-state index is 0.0254. The van der Waals surface area contributed by atoms with E-state index in [1.807, 2.05) is 29.3 Å². The lowest BCUT2D eigenvalue weighted by molar-refractivity contribution is -0.127. The van der Waals surface area contributed by atoms with Gasteiger partial charge in [0, 0.05) is 38.8 Å². The van der Waals surface area contributed by atoms with Crippen molar-refractivity contribution in [2.75, 3.05) is 26.2 Å². The molecule has 3 aromatic carbocycles. The van der Waals surface area contributed by atoms with Crippen LogP contribution in [0.5, 0.6) is 0 Å². The van der Waals surface area contributed by atoms with Crippen LogP contribution in [0.15, 0.2) is 85.1 Å². The van der Waals surface area contributed by atoms with Gasteiger partial charge >= 0.3 is 0 Å². The fourth-order valence-corrected chi connectivity index (χ4v) is 4.30. The number of fused-ring (bicyclic) bond motifs is 1. The minimum absolute atomic E-state index is 0.0254. The molecule has 2 heterocycles. The number of aromatic nitrogens is 3. The normalized spacial score (nSPS) is 14.8. The van der Waals surface area contributed by atoms with E-state index in [0.717, 1.165) is 38.3 Å². The topological polar surface area (TPSA) is 54.3 Å². The molecule has 0 aliphatic carbocycles. The van der Waals surface area contributed by atoms with Crippen molar-refractivity contribution >= 4 is 22.8 Å². The Hall–Kier alpha value is -3.77. The van der Waals surface area contributed by atoms with Gasteiger partial charge in [-0.05, 0) is 28.0 Å². The molecule has 1 aliphatic rings. The smallest absolute Gasteiger partial charge is 0.246 e. The molecule has 0 N–H and O–H groups in total. The van der Waals surface area contributed by atoms with Crippen LogP contribution in [-0.4, -0.2) is 56.9 Å². The van der Waals surface area contributed by atoms with Gasteiger partial charge in [0.25, 0.3) is 0 Å². The van der Waals surface area contributed by atoms with E-state index in [1.54, 1.807) is 16.8 Å². The molecule has 166 valence electrons. The third-order valence-electron chi connectivity index (χ3n) is 6.10. The first-order chi connectivity index (χ1) is 16.2. The molecule has 1 aromatic heterocycles. The molecular weight excluding hydrogens is 410 g/mol. The van der Waals surface area contributed by atoms with Gasteiger partial charge in [-0.15, -0.1) is 5.10 Å². The second-order valence-corrected chi connectivity index (χ2v) is 8.40. The molecule has 0 spiro atoms. The SMILES string of the molecule is O=C(C=Cc1cn(Cc2ccccc2)nn1)N1CCN(Cc2cccc3ccccc23)CC1. The Bertz CT molecular complexity index is 1250. The van der Waals surface area contributed by atoms with Gasteiger partial charge in [0.1, 0.15) is 5.69 Å². The minimum Gasteiger partial charge on any atom is -0.337 e. The fraction of sp³-hybridized carbons (Fsp3) is 0.222. The number of amides is 1. The third kappa shape index (κ3) is 5.18. The quantitative estimate of drug-likeness (QED) is 0.430. The lowest BCUT2D eigenvalue weighted by Crippen LogP contribution is -2.47. The maximum atomic E-state index is 12.7. The summed E-state index contributed by atoms with van der Waals surface area (Å²) in [6, 6.07) is 25.1. The summed E-state index contributed by atoms with van der Waals surface area (Å²) < 4.78 is 1.78. The van der Waals surface area contributed by atoms with Crippen molar-refractivity contribution in [3.63, 3.8) is 0 Å². The first kappa shape index (κ1) is 21.1. The molecule has 0 saturated carbocycles. The highest BCUT2D eigenvalue weighted by molar-refractivity contribution is 5.91. The van der Waals surface area contributed by atoms with Crippen LogP contribution < -0.4 is 0 Å². The number of hydrogen-bond acceptors (Lipinski definition) is 4. The van der Waals surface area contributed by atoms with Crippen LogP contribution in [0.1, 0.15) is 16.8 Å². The maximum Gasteiger partial charge on any atom is 0.246 e. The van der Waals surface area contributed by atoms with Gasteiger partial charge in [0.15, 0.2) is 0 Å². The van der Waals surface area contributed by atoms with Gasteiger partial charge in [0.05, 0.1) is 12.7 Å². The van der Waals surface area contributed by atoms with Crippen molar-refractivity contribution in [1.82, 2.24) is 24.8 Å². The van der Waals surface area contributed by atoms with Crippen LogP contribution in [-0.2, 0) is 17.9 Å². The van der Waals surface area contributed by atoms with E-state index in [2.05, 4.69) is 69.8 Å². The molecule has 1 amide bonds. The van der Waals surface area contributed by atoms with Crippen molar-refractivity contribution in [2.24, 2.45) is 0 Å². The molecule has 0 unspecified atom stereocenters. The van der Waals surface area contributed by atoms with E-state index in [1.165, 1.54) is 16.3 Å². The Morgan fingerprint density at radius 2 is 1.61 bits per heavy atom. The maximum absolute atomic E-state index is 12.7. The van der Waals surface area contributed by atoms with E-state index in [0.29, 0.717) is 12.2 Å². The van der Waals surface area contributed by atoms with Crippen LogP contribution >= 0.6 is 0 Å². The summed E-state index contributed by atoms with van der Waals surface area (Å²) in [4.78, 5) is 17.0. The summed E-state index contributed by atoms with van der Waals surface area (Å²) in [5.41, 5.74) is 3.19. The van der Waals surface area contributed by atoms with Crippen LogP contribution in [0.3, 0.4) is 0 Å². The second-order valence-electron chi connectivity index (χ2n) is 8.40. The largest absolute Gasteiger partial charge is 0.337 e. The molecule has 33 heavy (non-hydrogen) atoms. The summed E-state index contributed by atoms with van der Waals surface area (Å²) in [6.45, 7) is 4.77. The zero-order valence-corrected chi connectivity index (χ0v) is 18.5. The highest BCUT2D eigenvalue weighted by atomic mass is 16.2. The fourth-order valence-electron chi connectivity index (χ4n) is 4.30. The Labute approximate surface area is 193 Å². The Kier molecular flexibility index (Phi) is 6.26. The number of benzene rings is 3. The van der Waals surface area contributed by atoms with E-state index in [9.17, 15) is 4.79 Å². The van der Waals surface area contributed by atoms with Crippen LogP contribution in [0.25, 0.3) is 16.8 Å². The van der Waals surface area contributed by atoms with E-state index in [4.69, 9.17) is 0 Å². The number of nitrogens with zero attached hydrogens (tertiary/aromatic N) is 5. The van der Waals surface area contributed by atoms with E-state index < -0.39 is 0 Å². The molecule has 4 aromatic rings. The molecular formula is C27H27N5O. The number of carbonyl (C=O) groups is 1. The zero-order valence-electron chi connectivity index (χ0n) is 18.5. The second kappa shape index (κ2) is 9.79. The molecule has 6 nitrogen and oxygen atoms in total. The molecule has 1 aliphatic heterocycles. The van der Waals surface area contributed by atoms with Crippen LogP contribution in [0.4, 0.5) is 0 Å². The van der Waals surface area contributed by atoms with Crippen molar-refractivity contribution in [3.8, 4) is 0 Å². The number of rotatable bonds is 6.